The molecule has 0 aliphatic carbocycles. The summed E-state index contributed by atoms with van der Waals surface area (Å²) in [5, 5.41) is 1.21. The molecular formula is C36H37BCl6N4S. The van der Waals surface area contributed by atoms with Crippen LogP contribution in [0.15, 0.2) is 109 Å². The first-order valence-electron chi connectivity index (χ1n) is 15.8. The van der Waals surface area contributed by atoms with Crippen molar-refractivity contribution in [3.8, 4) is 0 Å². The van der Waals surface area contributed by atoms with Crippen LogP contribution in [-0.4, -0.2) is 49.6 Å². The highest BCUT2D eigenvalue weighted by atomic mass is 35.6. The maximum atomic E-state index is 5.83. The van der Waals surface area contributed by atoms with Gasteiger partial charge in [0.1, 0.15) is 6.54 Å². The average molecular weight is 781 g/mol. The van der Waals surface area contributed by atoms with Gasteiger partial charge in [-0.25, -0.2) is 19.5 Å². The summed E-state index contributed by atoms with van der Waals surface area (Å²) < 4.78 is -1.42. The number of benzene rings is 3. The van der Waals surface area contributed by atoms with Crippen molar-refractivity contribution in [3.63, 3.8) is 0 Å². The van der Waals surface area contributed by atoms with Crippen molar-refractivity contribution in [2.75, 3.05) is 18.8 Å². The zero-order valence-corrected chi connectivity index (χ0v) is 32.1. The van der Waals surface area contributed by atoms with Gasteiger partial charge in [-0.1, -0.05) is 204 Å². The second-order valence-electron chi connectivity index (χ2n) is 11.2. The van der Waals surface area contributed by atoms with Crippen LogP contribution in [0.4, 0.5) is 0 Å². The van der Waals surface area contributed by atoms with E-state index in [2.05, 4.69) is 124 Å². The molecule has 0 spiro atoms. The summed E-state index contributed by atoms with van der Waals surface area (Å²) in [6, 6.07) is 33.2. The number of allylic oxidation sites excluding steroid dienone is 2. The molecule has 0 atom stereocenters. The minimum Gasteiger partial charge on any atom is -0.224 e. The van der Waals surface area contributed by atoms with Crippen molar-refractivity contribution in [2.24, 2.45) is 0 Å². The number of aromatic nitrogens is 3. The van der Waals surface area contributed by atoms with Gasteiger partial charge in [0.15, 0.2) is 24.0 Å². The molecule has 4 aromatic rings. The third-order valence-corrected chi connectivity index (χ3v) is 10.2. The summed E-state index contributed by atoms with van der Waals surface area (Å²) >= 11 is 36.8. The first-order valence-corrected chi connectivity index (χ1v) is 19.1. The van der Waals surface area contributed by atoms with E-state index in [1.165, 1.54) is 40.6 Å². The maximum Gasteiger partial charge on any atom is 0.250 e. The molecule has 1 aromatic heterocycles. The van der Waals surface area contributed by atoms with Gasteiger partial charge in [0.25, 0.3) is 0 Å². The molecule has 0 radical (unpaired) electrons. The largest absolute Gasteiger partial charge is 0.250 e. The Hall–Kier alpha value is -2.03. The number of hydrogen-bond acceptors (Lipinski definition) is 4. The minimum absolute atomic E-state index is 0.115. The molecule has 0 unspecified atom stereocenters. The number of nitrogens with zero attached hydrogens (tertiary/aromatic N) is 4. The molecule has 0 saturated heterocycles. The fraction of sp³-hybridized carbons (Fsp3) is 0.278. The summed E-state index contributed by atoms with van der Waals surface area (Å²) in [5.74, 6) is 1.08. The quantitative estimate of drug-likeness (QED) is 0.0697. The standard InChI is InChI=1S/C22H24B.C14H13Cl6N4S/c1-2-3-19-23(20-13-7-4-8-14-20,21-15-9-5-10-16-21)22-17-11-6-12-18-22;1-2-24-7-8-25-10(24)6-4-3-5-9-21-11(13(15,16)17)23-12(22-9)14(18,19)20/h4-18H,2-3,19H2,1H3;3-6H,2,7-8H2,1H3/q-1;+1. The molecular weight excluding hydrogens is 744 g/mol. The Morgan fingerprint density at radius 2 is 1.15 bits per heavy atom. The van der Waals surface area contributed by atoms with Gasteiger partial charge in [-0.3, -0.25) is 0 Å². The predicted octanol–water partition coefficient (Wildman–Crippen LogP) is 9.23. The minimum atomic E-state index is -1.86. The van der Waals surface area contributed by atoms with Gasteiger partial charge in [0.2, 0.25) is 12.6 Å². The molecule has 1 aliphatic rings. The molecule has 4 nitrogen and oxygen atoms in total. The second kappa shape index (κ2) is 18.3. The predicted molar refractivity (Wildman–Crippen MR) is 213 cm³/mol. The molecule has 0 fully saturated rings. The van der Waals surface area contributed by atoms with E-state index in [9.17, 15) is 0 Å². The van der Waals surface area contributed by atoms with Crippen LogP contribution in [0.5, 0.6) is 0 Å². The zero-order chi connectivity index (χ0) is 34.6. The number of hydrogen-bond donors (Lipinski definition) is 0. The van der Waals surface area contributed by atoms with Crippen LogP contribution in [0.2, 0.25) is 6.32 Å². The van der Waals surface area contributed by atoms with Gasteiger partial charge >= 0.3 is 0 Å². The lowest BCUT2D eigenvalue weighted by Crippen LogP contribution is -2.66. The van der Waals surface area contributed by atoms with E-state index >= 15 is 0 Å². The van der Waals surface area contributed by atoms with Gasteiger partial charge in [-0.15, -0.1) is 0 Å². The van der Waals surface area contributed by atoms with Crippen molar-refractivity contribution < 1.29 is 4.58 Å². The highest BCUT2D eigenvalue weighted by Gasteiger charge is 2.33. The number of rotatable bonds is 10. The van der Waals surface area contributed by atoms with Crippen molar-refractivity contribution in [2.45, 2.75) is 40.6 Å². The van der Waals surface area contributed by atoms with Crippen LogP contribution in [-0.2, 0) is 7.59 Å². The third-order valence-electron chi connectivity index (χ3n) is 8.16. The molecule has 0 bridgehead atoms. The molecule has 0 N–H and O–H groups in total. The average Bonchev–Trinajstić information content (AvgIpc) is 3.55. The summed E-state index contributed by atoms with van der Waals surface area (Å²) in [6.45, 7) is 6.43. The van der Waals surface area contributed by atoms with Gasteiger partial charge in [0, 0.05) is 6.08 Å². The Labute approximate surface area is 318 Å². The topological polar surface area (TPSA) is 41.7 Å². The van der Waals surface area contributed by atoms with E-state index in [4.69, 9.17) is 69.6 Å². The first kappa shape index (κ1) is 38.8. The summed E-state index contributed by atoms with van der Waals surface area (Å²) in [7, 11) is 0. The number of thioether (sulfide) groups is 1. The Morgan fingerprint density at radius 3 is 1.56 bits per heavy atom. The fourth-order valence-electron chi connectivity index (χ4n) is 5.86. The van der Waals surface area contributed by atoms with Gasteiger partial charge in [0.05, 0.1) is 11.9 Å². The fourth-order valence-corrected chi connectivity index (χ4v) is 7.47. The van der Waals surface area contributed by atoms with Crippen LogP contribution in [0, 0.1) is 0 Å². The van der Waals surface area contributed by atoms with Crippen LogP contribution in [0.3, 0.4) is 0 Å². The molecule has 5 rings (SSSR count). The summed E-state index contributed by atoms with van der Waals surface area (Å²) in [4.78, 5) is 12.1. The molecule has 0 amide bonds. The van der Waals surface area contributed by atoms with Crippen molar-refractivity contribution in [3.05, 3.63) is 127 Å². The lowest BCUT2D eigenvalue weighted by Gasteiger charge is -2.43. The van der Waals surface area contributed by atoms with E-state index in [1.54, 1.807) is 12.2 Å². The summed E-state index contributed by atoms with van der Waals surface area (Å²) in [6.07, 6.45) is 10.0. The zero-order valence-electron chi connectivity index (χ0n) is 26.8. The normalized spacial score (nSPS) is 14.1. The lowest BCUT2D eigenvalue weighted by molar-refractivity contribution is -0.513. The highest BCUT2D eigenvalue weighted by molar-refractivity contribution is 8.14. The molecule has 2 heterocycles. The molecule has 12 heteroatoms. The molecule has 252 valence electrons. The van der Waals surface area contributed by atoms with E-state index in [0.717, 1.165) is 18.8 Å². The smallest absolute Gasteiger partial charge is 0.224 e. The number of unbranched alkanes of at least 4 members (excludes halogenated alkanes) is 1. The molecule has 0 saturated carbocycles. The van der Waals surface area contributed by atoms with Crippen molar-refractivity contribution >= 4 is 115 Å². The second-order valence-corrected chi connectivity index (χ2v) is 16.9. The monoisotopic (exact) mass is 778 g/mol. The van der Waals surface area contributed by atoms with E-state index in [-0.39, 0.29) is 17.5 Å². The lowest BCUT2D eigenvalue weighted by atomic mass is 9.14. The van der Waals surface area contributed by atoms with E-state index in [1.807, 2.05) is 23.9 Å². The number of alkyl halides is 6. The Bertz CT molecular complexity index is 1560. The van der Waals surface area contributed by atoms with Crippen LogP contribution in [0.25, 0.3) is 6.08 Å². The summed E-state index contributed by atoms with van der Waals surface area (Å²) in [5.41, 5.74) is 4.33. The Kier molecular flexibility index (Phi) is 14.8. The van der Waals surface area contributed by atoms with Crippen LogP contribution >= 0.6 is 81.4 Å². The molecule has 1 aliphatic heterocycles. The third kappa shape index (κ3) is 10.5. The molecule has 3 aromatic carbocycles. The van der Waals surface area contributed by atoms with E-state index in [0.29, 0.717) is 0 Å². The first-order chi connectivity index (χ1) is 23.0. The SMILES string of the molecule is CCCC[B-](c1ccccc1)(c1ccccc1)c1ccccc1.CC[N+]1=C(C=CC=Cc2nc(C(Cl)(Cl)Cl)nc(C(Cl)(Cl)Cl)n2)SCC1. The maximum absolute atomic E-state index is 5.83. The van der Waals surface area contributed by atoms with Crippen LogP contribution < -0.4 is 16.4 Å². The van der Waals surface area contributed by atoms with Gasteiger partial charge in [-0.2, -0.15) is 22.7 Å². The van der Waals surface area contributed by atoms with Crippen LogP contribution in [0.1, 0.15) is 44.2 Å². The van der Waals surface area contributed by atoms with E-state index < -0.39 is 13.7 Å². The van der Waals surface area contributed by atoms with Gasteiger partial charge < -0.3 is 0 Å². The van der Waals surface area contributed by atoms with Crippen molar-refractivity contribution in [1.82, 2.24) is 15.0 Å². The molecule has 48 heavy (non-hydrogen) atoms. The highest BCUT2D eigenvalue weighted by Crippen LogP contribution is 2.40. The Balaban J connectivity index is 0.000000217. The van der Waals surface area contributed by atoms with Gasteiger partial charge in [-0.05, 0) is 13.0 Å². The van der Waals surface area contributed by atoms with Crippen molar-refractivity contribution in [1.29, 1.82) is 0 Å². The Morgan fingerprint density at radius 1 is 0.688 bits per heavy atom. The number of halogens is 6.